The van der Waals surface area contributed by atoms with Gasteiger partial charge in [0.1, 0.15) is 0 Å². The number of aliphatic hydroxyl groups excluding tert-OH is 1. The van der Waals surface area contributed by atoms with E-state index in [4.69, 9.17) is 5.11 Å². The molecule has 76 valence electrons. The van der Waals surface area contributed by atoms with E-state index in [1.54, 1.807) is 0 Å². The van der Waals surface area contributed by atoms with Crippen LogP contribution in [0, 0.1) is 11.7 Å². The Hall–Kier alpha value is -1.23. The average Bonchev–Trinajstić information content (AvgIpc) is 2.67. The van der Waals surface area contributed by atoms with Gasteiger partial charge in [0, 0.05) is 25.6 Å². The minimum absolute atomic E-state index is 0.192. The van der Waals surface area contributed by atoms with Gasteiger partial charge >= 0.3 is 0 Å². The molecule has 1 atom stereocenters. The van der Waals surface area contributed by atoms with Gasteiger partial charge in [0.2, 0.25) is 5.95 Å². The summed E-state index contributed by atoms with van der Waals surface area (Å²) in [5, 5.41) is 8.95. The highest BCUT2D eigenvalue weighted by atomic mass is 19.1. The first kappa shape index (κ1) is 9.33. The van der Waals surface area contributed by atoms with Crippen molar-refractivity contribution in [1.82, 2.24) is 9.97 Å². The van der Waals surface area contributed by atoms with Gasteiger partial charge in [-0.2, -0.15) is 0 Å². The normalized spacial score (nSPS) is 21.6. The molecule has 0 saturated carbocycles. The standard InChI is InChI=1S/C9H12FN3O/c10-8-3-11-9(12-4-8)13-2-1-7(5-13)6-14/h3-4,7,14H,1-2,5-6H2/t7-/m1/s1. The summed E-state index contributed by atoms with van der Waals surface area (Å²) in [6.45, 7) is 1.77. The summed E-state index contributed by atoms with van der Waals surface area (Å²) in [6, 6.07) is 0. The number of aliphatic hydroxyl groups is 1. The van der Waals surface area contributed by atoms with Crippen molar-refractivity contribution in [3.05, 3.63) is 18.2 Å². The van der Waals surface area contributed by atoms with Crippen molar-refractivity contribution in [1.29, 1.82) is 0 Å². The summed E-state index contributed by atoms with van der Waals surface area (Å²) in [6.07, 6.45) is 3.26. The monoisotopic (exact) mass is 197 g/mol. The Morgan fingerprint density at radius 3 is 2.79 bits per heavy atom. The van der Waals surface area contributed by atoms with E-state index in [-0.39, 0.29) is 6.61 Å². The topological polar surface area (TPSA) is 49.2 Å². The van der Waals surface area contributed by atoms with Crippen LogP contribution in [-0.2, 0) is 0 Å². The third-order valence-electron chi connectivity index (χ3n) is 2.43. The number of anilines is 1. The van der Waals surface area contributed by atoms with E-state index in [0.717, 1.165) is 31.9 Å². The third-order valence-corrected chi connectivity index (χ3v) is 2.43. The fourth-order valence-electron chi connectivity index (χ4n) is 1.63. The van der Waals surface area contributed by atoms with E-state index in [9.17, 15) is 4.39 Å². The van der Waals surface area contributed by atoms with Gasteiger partial charge in [-0.25, -0.2) is 14.4 Å². The van der Waals surface area contributed by atoms with Crippen LogP contribution in [-0.4, -0.2) is 34.8 Å². The van der Waals surface area contributed by atoms with E-state index in [0.29, 0.717) is 11.9 Å². The molecule has 0 unspecified atom stereocenters. The molecular formula is C9H12FN3O. The number of rotatable bonds is 2. The highest BCUT2D eigenvalue weighted by molar-refractivity contribution is 5.30. The minimum Gasteiger partial charge on any atom is -0.396 e. The molecule has 1 aliphatic rings. The molecule has 1 saturated heterocycles. The van der Waals surface area contributed by atoms with E-state index >= 15 is 0 Å². The summed E-state index contributed by atoms with van der Waals surface area (Å²) in [5.41, 5.74) is 0. The minimum atomic E-state index is -0.424. The Balaban J connectivity index is 2.06. The lowest BCUT2D eigenvalue weighted by Crippen LogP contribution is -2.22. The van der Waals surface area contributed by atoms with Crippen molar-refractivity contribution >= 4 is 5.95 Å². The molecule has 0 radical (unpaired) electrons. The fraction of sp³-hybridized carbons (Fsp3) is 0.556. The average molecular weight is 197 g/mol. The molecule has 0 aromatic carbocycles. The predicted octanol–water partition coefficient (Wildman–Crippen LogP) is 0.434. The largest absolute Gasteiger partial charge is 0.396 e. The van der Waals surface area contributed by atoms with Crippen LogP contribution in [0.4, 0.5) is 10.3 Å². The second kappa shape index (κ2) is 3.88. The van der Waals surface area contributed by atoms with Crippen LogP contribution in [0.1, 0.15) is 6.42 Å². The van der Waals surface area contributed by atoms with Crippen molar-refractivity contribution in [2.45, 2.75) is 6.42 Å². The Labute approximate surface area is 81.4 Å². The molecule has 1 aliphatic heterocycles. The molecule has 0 aliphatic carbocycles. The molecule has 2 rings (SSSR count). The Morgan fingerprint density at radius 1 is 1.50 bits per heavy atom. The molecule has 0 amide bonds. The maximum Gasteiger partial charge on any atom is 0.225 e. The van der Waals surface area contributed by atoms with Crippen LogP contribution in [0.2, 0.25) is 0 Å². The Kier molecular flexibility index (Phi) is 2.58. The number of nitrogens with zero attached hydrogens (tertiary/aromatic N) is 3. The highest BCUT2D eigenvalue weighted by Crippen LogP contribution is 2.19. The number of hydrogen-bond acceptors (Lipinski definition) is 4. The Bertz CT molecular complexity index is 303. The van der Waals surface area contributed by atoms with Gasteiger partial charge in [-0.05, 0) is 6.42 Å². The lowest BCUT2D eigenvalue weighted by molar-refractivity contribution is 0.238. The van der Waals surface area contributed by atoms with Crippen molar-refractivity contribution in [2.24, 2.45) is 5.92 Å². The van der Waals surface area contributed by atoms with Crippen molar-refractivity contribution < 1.29 is 9.50 Å². The molecule has 2 heterocycles. The van der Waals surface area contributed by atoms with Crippen LogP contribution in [0.25, 0.3) is 0 Å². The zero-order valence-corrected chi connectivity index (χ0v) is 7.73. The van der Waals surface area contributed by atoms with Crippen molar-refractivity contribution in [3.8, 4) is 0 Å². The second-order valence-corrected chi connectivity index (χ2v) is 3.48. The van der Waals surface area contributed by atoms with Crippen LogP contribution in [0.5, 0.6) is 0 Å². The van der Waals surface area contributed by atoms with Gasteiger partial charge in [-0.15, -0.1) is 0 Å². The maximum absolute atomic E-state index is 12.5. The van der Waals surface area contributed by atoms with E-state index in [1.165, 1.54) is 0 Å². The van der Waals surface area contributed by atoms with Crippen LogP contribution in [0.15, 0.2) is 12.4 Å². The second-order valence-electron chi connectivity index (χ2n) is 3.48. The van der Waals surface area contributed by atoms with Gasteiger partial charge in [0.25, 0.3) is 0 Å². The number of aromatic nitrogens is 2. The summed E-state index contributed by atoms with van der Waals surface area (Å²) in [5.74, 6) is 0.414. The zero-order chi connectivity index (χ0) is 9.97. The summed E-state index contributed by atoms with van der Waals surface area (Å²) < 4.78 is 12.5. The van der Waals surface area contributed by atoms with Crippen molar-refractivity contribution in [2.75, 3.05) is 24.6 Å². The molecule has 1 fully saturated rings. The molecular weight excluding hydrogens is 185 g/mol. The molecule has 1 aromatic heterocycles. The van der Waals surface area contributed by atoms with Crippen LogP contribution >= 0.6 is 0 Å². The molecule has 14 heavy (non-hydrogen) atoms. The first-order valence-corrected chi connectivity index (χ1v) is 4.63. The maximum atomic E-state index is 12.5. The predicted molar refractivity (Wildman–Crippen MR) is 49.4 cm³/mol. The summed E-state index contributed by atoms with van der Waals surface area (Å²) in [4.78, 5) is 9.73. The van der Waals surface area contributed by atoms with E-state index in [1.807, 2.05) is 4.90 Å². The molecule has 0 bridgehead atoms. The lowest BCUT2D eigenvalue weighted by Gasteiger charge is -2.14. The molecule has 4 nitrogen and oxygen atoms in total. The molecule has 0 spiro atoms. The smallest absolute Gasteiger partial charge is 0.225 e. The van der Waals surface area contributed by atoms with Crippen LogP contribution < -0.4 is 4.90 Å². The molecule has 5 heteroatoms. The number of hydrogen-bond donors (Lipinski definition) is 1. The number of halogens is 1. The zero-order valence-electron chi connectivity index (χ0n) is 7.73. The third kappa shape index (κ3) is 1.82. The summed E-state index contributed by atoms with van der Waals surface area (Å²) in [7, 11) is 0. The van der Waals surface area contributed by atoms with E-state index < -0.39 is 5.82 Å². The Morgan fingerprint density at radius 2 is 2.21 bits per heavy atom. The van der Waals surface area contributed by atoms with Gasteiger partial charge in [0.05, 0.1) is 12.4 Å². The van der Waals surface area contributed by atoms with Crippen LogP contribution in [0.3, 0.4) is 0 Å². The van der Waals surface area contributed by atoms with Crippen molar-refractivity contribution in [3.63, 3.8) is 0 Å². The summed E-state index contributed by atoms with van der Waals surface area (Å²) >= 11 is 0. The first-order chi connectivity index (χ1) is 6.79. The van der Waals surface area contributed by atoms with Gasteiger partial charge < -0.3 is 10.0 Å². The van der Waals surface area contributed by atoms with Gasteiger partial charge in [0.15, 0.2) is 5.82 Å². The van der Waals surface area contributed by atoms with Gasteiger partial charge in [-0.1, -0.05) is 0 Å². The quantitative estimate of drug-likeness (QED) is 0.747. The lowest BCUT2D eigenvalue weighted by atomic mass is 10.1. The fourth-order valence-corrected chi connectivity index (χ4v) is 1.63. The van der Waals surface area contributed by atoms with E-state index in [2.05, 4.69) is 9.97 Å². The highest BCUT2D eigenvalue weighted by Gasteiger charge is 2.23. The molecule has 1 N–H and O–H groups in total. The SMILES string of the molecule is OC[C@@H]1CCN(c2ncc(F)cn2)C1. The first-order valence-electron chi connectivity index (χ1n) is 4.63. The van der Waals surface area contributed by atoms with Gasteiger partial charge in [-0.3, -0.25) is 0 Å². The molecule has 1 aromatic rings.